The molecule has 13 heteroatoms. The molecule has 288 valence electrons. The molecule has 2 aliphatic heterocycles. The van der Waals surface area contributed by atoms with Crippen LogP contribution in [0.1, 0.15) is 27.9 Å². The second kappa shape index (κ2) is 17.6. The summed E-state index contributed by atoms with van der Waals surface area (Å²) < 4.78 is 10.9. The van der Waals surface area contributed by atoms with E-state index in [9.17, 15) is 14.4 Å². The summed E-state index contributed by atoms with van der Waals surface area (Å²) in [5.74, 6) is -0.697. The maximum Gasteiger partial charge on any atom is 0.355 e. The van der Waals surface area contributed by atoms with Crippen LogP contribution in [-0.2, 0) is 36.1 Å². The summed E-state index contributed by atoms with van der Waals surface area (Å²) >= 11 is 2.73. The van der Waals surface area contributed by atoms with Crippen molar-refractivity contribution in [1.29, 1.82) is 0 Å². The number of hydrogen-bond donors (Lipinski definition) is 2. The van der Waals surface area contributed by atoms with Gasteiger partial charge in [0.2, 0.25) is 0 Å². The first-order chi connectivity index (χ1) is 27.9. The number of anilines is 1. The standard InChI is InChI=1S/C44H39N5O6S2/c1-4-5-15-30-27-56-41-37(40(51)49(41)38(30)42(52)55-26-29-22-24-34(53-2)25-23-29)46-39(50)36(48-54-3)35-28-57-43(45-35)47-44(31-16-9-6-10-17-31,32-18-11-7-12-19-32)33-20-13-8-14-21-33/h4-25,28,37,41H,1,26-27H2,2-3H3,(H,45,47)(H,46,50)/b15-5+,48-36-/t37-,41-/m1/s1. The normalized spacial score (nSPS) is 16.7. The Balaban J connectivity index is 1.12. The zero-order chi connectivity index (χ0) is 39.8. The second-order valence-electron chi connectivity index (χ2n) is 12.9. The zero-order valence-corrected chi connectivity index (χ0v) is 32.8. The topological polar surface area (TPSA) is 131 Å². The molecule has 3 heterocycles. The van der Waals surface area contributed by atoms with Crippen LogP contribution in [-0.4, -0.2) is 64.8 Å². The van der Waals surface area contributed by atoms with E-state index in [0.717, 1.165) is 22.3 Å². The van der Waals surface area contributed by atoms with E-state index in [2.05, 4.69) is 58.8 Å². The number of ether oxygens (including phenoxy) is 2. The highest BCUT2D eigenvalue weighted by Crippen LogP contribution is 2.42. The van der Waals surface area contributed by atoms with Gasteiger partial charge in [0, 0.05) is 11.1 Å². The molecule has 1 saturated heterocycles. The number of methoxy groups -OCH3 is 1. The molecule has 2 aliphatic rings. The Bertz CT molecular complexity index is 2230. The number of aromatic nitrogens is 1. The number of thiazole rings is 1. The molecule has 1 aromatic heterocycles. The van der Waals surface area contributed by atoms with Crippen LogP contribution in [0.2, 0.25) is 0 Å². The van der Waals surface area contributed by atoms with Crippen molar-refractivity contribution in [2.75, 3.05) is 25.3 Å². The van der Waals surface area contributed by atoms with Crippen molar-refractivity contribution in [3.05, 3.63) is 185 Å². The van der Waals surface area contributed by atoms with Gasteiger partial charge in [0.25, 0.3) is 11.8 Å². The molecule has 0 saturated carbocycles. The number of nitrogens with one attached hydrogen (secondary N) is 2. The fourth-order valence-electron chi connectivity index (χ4n) is 6.77. The van der Waals surface area contributed by atoms with Crippen LogP contribution in [0.25, 0.3) is 0 Å². The Hall–Kier alpha value is -6.44. The van der Waals surface area contributed by atoms with E-state index in [-0.39, 0.29) is 23.7 Å². The molecule has 57 heavy (non-hydrogen) atoms. The van der Waals surface area contributed by atoms with E-state index in [4.69, 9.17) is 19.3 Å². The van der Waals surface area contributed by atoms with Gasteiger partial charge in [-0.25, -0.2) is 9.78 Å². The van der Waals surface area contributed by atoms with Gasteiger partial charge in [0.1, 0.15) is 47.8 Å². The summed E-state index contributed by atoms with van der Waals surface area (Å²) in [6.07, 6.45) is 5.02. The van der Waals surface area contributed by atoms with Crippen LogP contribution in [0.15, 0.2) is 162 Å². The largest absolute Gasteiger partial charge is 0.497 e. The molecule has 4 aromatic carbocycles. The minimum atomic E-state index is -0.947. The number of allylic oxidation sites excluding steroid dienone is 3. The first kappa shape index (κ1) is 38.8. The Morgan fingerprint density at radius 2 is 1.54 bits per heavy atom. The van der Waals surface area contributed by atoms with Crippen LogP contribution in [0.5, 0.6) is 5.75 Å². The molecule has 1 fully saturated rings. The molecule has 0 unspecified atom stereocenters. The molecule has 0 aliphatic carbocycles. The first-order valence-electron chi connectivity index (χ1n) is 18.0. The van der Waals surface area contributed by atoms with E-state index >= 15 is 0 Å². The van der Waals surface area contributed by atoms with Gasteiger partial charge >= 0.3 is 5.97 Å². The Morgan fingerprint density at radius 1 is 0.930 bits per heavy atom. The van der Waals surface area contributed by atoms with Crippen molar-refractivity contribution in [3.8, 4) is 5.75 Å². The average Bonchev–Trinajstić information content (AvgIpc) is 3.73. The van der Waals surface area contributed by atoms with E-state index in [1.807, 2.05) is 54.6 Å². The SMILES string of the molecule is C=C/C=C/C1=C(C(=O)OCc2ccc(OC)cc2)N2C(=O)[C@@H](NC(=O)/C(=N\OC)c3csc(NC(c4ccccc4)(c4ccccc4)c4ccccc4)n3)[C@H]2SC1. The second-order valence-corrected chi connectivity index (χ2v) is 14.9. The van der Waals surface area contributed by atoms with Crippen molar-refractivity contribution in [2.24, 2.45) is 5.16 Å². The molecular formula is C44H39N5O6S2. The quantitative estimate of drug-likeness (QED) is 0.0286. The van der Waals surface area contributed by atoms with Gasteiger partial charge in [0.05, 0.1) is 7.11 Å². The number of esters is 1. The highest BCUT2D eigenvalue weighted by atomic mass is 32.2. The molecule has 2 amide bonds. The highest BCUT2D eigenvalue weighted by Gasteiger charge is 2.54. The molecule has 2 atom stereocenters. The van der Waals surface area contributed by atoms with Crippen molar-refractivity contribution in [3.63, 3.8) is 0 Å². The van der Waals surface area contributed by atoms with Gasteiger partial charge < -0.3 is 24.9 Å². The van der Waals surface area contributed by atoms with Crippen LogP contribution in [0, 0.1) is 0 Å². The number of rotatable bonds is 15. The molecule has 11 nitrogen and oxygen atoms in total. The van der Waals surface area contributed by atoms with Gasteiger partial charge in [-0.3, -0.25) is 14.5 Å². The lowest BCUT2D eigenvalue weighted by Crippen LogP contribution is -2.71. The minimum Gasteiger partial charge on any atom is -0.497 e. The number of amides is 2. The molecule has 7 rings (SSSR count). The summed E-state index contributed by atoms with van der Waals surface area (Å²) in [7, 11) is 2.91. The number of fused-ring (bicyclic) bond motifs is 1. The predicted molar refractivity (Wildman–Crippen MR) is 223 cm³/mol. The Kier molecular flexibility index (Phi) is 12.0. The third-order valence-electron chi connectivity index (χ3n) is 9.50. The monoisotopic (exact) mass is 797 g/mol. The van der Waals surface area contributed by atoms with Gasteiger partial charge in [-0.1, -0.05) is 133 Å². The number of benzene rings is 4. The van der Waals surface area contributed by atoms with Crippen LogP contribution < -0.4 is 15.4 Å². The highest BCUT2D eigenvalue weighted by molar-refractivity contribution is 8.00. The van der Waals surface area contributed by atoms with E-state index < -0.39 is 34.7 Å². The van der Waals surface area contributed by atoms with Crippen molar-refractivity contribution in [2.45, 2.75) is 23.6 Å². The van der Waals surface area contributed by atoms with Gasteiger partial charge in [0.15, 0.2) is 10.8 Å². The average molecular weight is 798 g/mol. The van der Waals surface area contributed by atoms with Crippen molar-refractivity contribution < 1.29 is 28.7 Å². The summed E-state index contributed by atoms with van der Waals surface area (Å²) in [6, 6.07) is 36.5. The summed E-state index contributed by atoms with van der Waals surface area (Å²) in [6.45, 7) is 3.72. The van der Waals surface area contributed by atoms with Crippen LogP contribution >= 0.6 is 23.1 Å². The minimum absolute atomic E-state index is 0.00468. The summed E-state index contributed by atoms with van der Waals surface area (Å²) in [5.41, 5.74) is 3.75. The zero-order valence-electron chi connectivity index (χ0n) is 31.2. The predicted octanol–water partition coefficient (Wildman–Crippen LogP) is 7.05. The van der Waals surface area contributed by atoms with Crippen LogP contribution in [0.3, 0.4) is 0 Å². The lowest BCUT2D eigenvalue weighted by Gasteiger charge is -2.49. The van der Waals surface area contributed by atoms with E-state index in [0.29, 0.717) is 22.2 Å². The Morgan fingerprint density at radius 3 is 2.11 bits per heavy atom. The molecule has 0 bridgehead atoms. The van der Waals surface area contributed by atoms with Crippen molar-refractivity contribution in [1.82, 2.24) is 15.2 Å². The number of carbonyl (C=O) groups is 3. The van der Waals surface area contributed by atoms with E-state index in [1.54, 1.807) is 55.0 Å². The molecular weight excluding hydrogens is 759 g/mol. The number of β-lactam (4-membered cyclic amide) rings is 1. The molecule has 5 aromatic rings. The first-order valence-corrected chi connectivity index (χ1v) is 19.9. The molecule has 0 radical (unpaired) electrons. The lowest BCUT2D eigenvalue weighted by molar-refractivity contribution is -0.153. The number of thioether (sulfide) groups is 1. The van der Waals surface area contributed by atoms with E-state index in [1.165, 1.54) is 35.1 Å². The third kappa shape index (κ3) is 7.98. The third-order valence-corrected chi connectivity index (χ3v) is 11.6. The van der Waals surface area contributed by atoms with Crippen LogP contribution in [0.4, 0.5) is 5.13 Å². The number of nitrogens with zero attached hydrogens (tertiary/aromatic N) is 3. The van der Waals surface area contributed by atoms with Gasteiger partial charge in [-0.2, -0.15) is 0 Å². The number of carbonyl (C=O) groups excluding carboxylic acids is 3. The number of oxime groups is 1. The van der Waals surface area contributed by atoms with Gasteiger partial charge in [-0.15, -0.1) is 23.1 Å². The van der Waals surface area contributed by atoms with Gasteiger partial charge in [-0.05, 0) is 40.0 Å². The fourth-order valence-corrected chi connectivity index (χ4v) is 8.84. The Labute approximate surface area is 338 Å². The smallest absolute Gasteiger partial charge is 0.355 e. The van der Waals surface area contributed by atoms with Crippen molar-refractivity contribution >= 4 is 51.7 Å². The molecule has 0 spiro atoms. The summed E-state index contributed by atoms with van der Waals surface area (Å²) in [4.78, 5) is 52.7. The molecule has 2 N–H and O–H groups in total. The summed E-state index contributed by atoms with van der Waals surface area (Å²) in [5, 5.41) is 12.3. The lowest BCUT2D eigenvalue weighted by atomic mass is 9.77. The maximum absolute atomic E-state index is 13.9. The maximum atomic E-state index is 13.9. The number of hydrogen-bond acceptors (Lipinski definition) is 11. The fraction of sp³-hybridized carbons (Fsp3) is 0.159.